The van der Waals surface area contributed by atoms with Gasteiger partial charge in [-0.2, -0.15) is 0 Å². The van der Waals surface area contributed by atoms with E-state index in [0.717, 1.165) is 6.42 Å². The van der Waals surface area contributed by atoms with Crippen LogP contribution in [-0.2, 0) is 4.74 Å². The summed E-state index contributed by atoms with van der Waals surface area (Å²) in [6.45, 7) is 8.74. The number of nitrogens with one attached hydrogen (secondary N) is 1. The van der Waals surface area contributed by atoms with E-state index in [9.17, 15) is 8.78 Å². The summed E-state index contributed by atoms with van der Waals surface area (Å²) in [7, 11) is 0. The number of halogens is 2. The summed E-state index contributed by atoms with van der Waals surface area (Å²) in [6, 6.07) is 3.41. The molecule has 0 bridgehead atoms. The molecule has 0 amide bonds. The van der Waals surface area contributed by atoms with Crippen molar-refractivity contribution >= 4 is 0 Å². The molecule has 0 heterocycles. The standard InChI is InChI=1S/C15H23F2NO/c1-5-10-18-14(15(3,4)19-6-2)13-11(16)8-7-9-12(13)17/h7-9,14,18H,5-6,10H2,1-4H3. The van der Waals surface area contributed by atoms with Crippen LogP contribution in [0.4, 0.5) is 8.78 Å². The Labute approximate surface area is 114 Å². The highest BCUT2D eigenvalue weighted by Gasteiger charge is 2.34. The largest absolute Gasteiger partial charge is 0.374 e. The fourth-order valence-corrected chi connectivity index (χ4v) is 2.23. The Bertz CT molecular complexity index is 387. The molecule has 0 spiro atoms. The van der Waals surface area contributed by atoms with E-state index in [-0.39, 0.29) is 5.56 Å². The lowest BCUT2D eigenvalue weighted by atomic mass is 9.90. The minimum atomic E-state index is -0.688. The average Bonchev–Trinajstić information content (AvgIpc) is 2.32. The first kappa shape index (κ1) is 16.1. The second-order valence-electron chi connectivity index (χ2n) is 5.06. The smallest absolute Gasteiger partial charge is 0.131 e. The molecule has 0 aliphatic heterocycles. The summed E-state index contributed by atoms with van der Waals surface area (Å²) < 4.78 is 33.6. The van der Waals surface area contributed by atoms with E-state index in [1.165, 1.54) is 18.2 Å². The van der Waals surface area contributed by atoms with Crippen LogP contribution in [0.25, 0.3) is 0 Å². The van der Waals surface area contributed by atoms with Gasteiger partial charge in [0.1, 0.15) is 11.6 Å². The normalized spacial score (nSPS) is 13.6. The van der Waals surface area contributed by atoms with Crippen LogP contribution in [0.15, 0.2) is 18.2 Å². The first-order valence-corrected chi connectivity index (χ1v) is 6.75. The Morgan fingerprint density at radius 3 is 2.26 bits per heavy atom. The molecular formula is C15H23F2NO. The molecule has 108 valence electrons. The lowest BCUT2D eigenvalue weighted by Crippen LogP contribution is -2.43. The maximum atomic E-state index is 14.0. The molecule has 1 atom stereocenters. The van der Waals surface area contributed by atoms with Gasteiger partial charge in [-0.25, -0.2) is 8.78 Å². The maximum absolute atomic E-state index is 14.0. The number of hydrogen-bond acceptors (Lipinski definition) is 2. The van der Waals surface area contributed by atoms with Crippen molar-refractivity contribution in [2.75, 3.05) is 13.2 Å². The van der Waals surface area contributed by atoms with Gasteiger partial charge in [-0.05, 0) is 45.9 Å². The number of hydrogen-bond donors (Lipinski definition) is 1. The van der Waals surface area contributed by atoms with Crippen LogP contribution in [0.5, 0.6) is 0 Å². The molecule has 1 aromatic rings. The molecule has 4 heteroatoms. The minimum absolute atomic E-state index is 0.0504. The minimum Gasteiger partial charge on any atom is -0.374 e. The zero-order chi connectivity index (χ0) is 14.5. The Hall–Kier alpha value is -1.00. The van der Waals surface area contributed by atoms with Crippen molar-refractivity contribution in [1.82, 2.24) is 5.32 Å². The second-order valence-corrected chi connectivity index (χ2v) is 5.06. The summed E-state index contributed by atoms with van der Waals surface area (Å²) in [5.41, 5.74) is -0.637. The summed E-state index contributed by atoms with van der Waals surface area (Å²) in [4.78, 5) is 0. The van der Waals surface area contributed by atoms with Crippen LogP contribution in [-0.4, -0.2) is 18.8 Å². The van der Waals surface area contributed by atoms with Crippen molar-refractivity contribution in [2.45, 2.75) is 45.8 Å². The van der Waals surface area contributed by atoms with E-state index >= 15 is 0 Å². The first-order valence-electron chi connectivity index (χ1n) is 6.75. The number of benzene rings is 1. The van der Waals surface area contributed by atoms with Crippen molar-refractivity contribution < 1.29 is 13.5 Å². The molecule has 1 unspecified atom stereocenters. The topological polar surface area (TPSA) is 21.3 Å². The van der Waals surface area contributed by atoms with E-state index in [2.05, 4.69) is 5.32 Å². The molecule has 0 radical (unpaired) electrons. The van der Waals surface area contributed by atoms with Crippen LogP contribution in [0.3, 0.4) is 0 Å². The molecule has 0 aromatic heterocycles. The summed E-state index contributed by atoms with van der Waals surface area (Å²) in [6.07, 6.45) is 0.884. The molecule has 19 heavy (non-hydrogen) atoms. The highest BCUT2D eigenvalue weighted by Crippen LogP contribution is 2.32. The zero-order valence-corrected chi connectivity index (χ0v) is 12.1. The Morgan fingerprint density at radius 2 is 1.79 bits per heavy atom. The molecule has 1 N–H and O–H groups in total. The predicted octanol–water partition coefficient (Wildman–Crippen LogP) is 3.82. The average molecular weight is 271 g/mol. The van der Waals surface area contributed by atoms with Gasteiger partial charge < -0.3 is 10.1 Å². The number of rotatable bonds is 7. The molecule has 0 saturated carbocycles. The third kappa shape index (κ3) is 3.98. The van der Waals surface area contributed by atoms with Gasteiger partial charge in [0.15, 0.2) is 0 Å². The van der Waals surface area contributed by atoms with E-state index in [4.69, 9.17) is 4.74 Å². The fourth-order valence-electron chi connectivity index (χ4n) is 2.23. The lowest BCUT2D eigenvalue weighted by Gasteiger charge is -2.35. The lowest BCUT2D eigenvalue weighted by molar-refractivity contribution is -0.0407. The molecule has 1 rings (SSSR count). The SMILES string of the molecule is CCCNC(c1c(F)cccc1F)C(C)(C)OCC. The quantitative estimate of drug-likeness (QED) is 0.814. The van der Waals surface area contributed by atoms with E-state index < -0.39 is 23.3 Å². The fraction of sp³-hybridized carbons (Fsp3) is 0.600. The second kappa shape index (κ2) is 6.96. The molecule has 0 aliphatic carbocycles. The van der Waals surface area contributed by atoms with Gasteiger partial charge in [0.05, 0.1) is 11.6 Å². The third-order valence-corrected chi connectivity index (χ3v) is 3.10. The van der Waals surface area contributed by atoms with Gasteiger partial charge >= 0.3 is 0 Å². The molecule has 1 aromatic carbocycles. The molecular weight excluding hydrogens is 248 g/mol. The third-order valence-electron chi connectivity index (χ3n) is 3.10. The summed E-state index contributed by atoms with van der Waals surface area (Å²) in [5, 5.41) is 3.19. The van der Waals surface area contributed by atoms with E-state index in [1.54, 1.807) is 0 Å². The first-order chi connectivity index (χ1) is 8.94. The maximum Gasteiger partial charge on any atom is 0.131 e. The van der Waals surface area contributed by atoms with Crippen molar-refractivity contribution in [1.29, 1.82) is 0 Å². The van der Waals surface area contributed by atoms with Crippen LogP contribution < -0.4 is 5.32 Å². The van der Waals surface area contributed by atoms with Crippen LogP contribution in [0.1, 0.15) is 45.7 Å². The van der Waals surface area contributed by atoms with Gasteiger partial charge in [-0.3, -0.25) is 0 Å². The van der Waals surface area contributed by atoms with Gasteiger partial charge in [0.2, 0.25) is 0 Å². The Balaban J connectivity index is 3.16. The van der Waals surface area contributed by atoms with Gasteiger partial charge in [0, 0.05) is 12.2 Å². The molecule has 0 fully saturated rings. The van der Waals surface area contributed by atoms with Gasteiger partial charge in [0.25, 0.3) is 0 Å². The van der Waals surface area contributed by atoms with Gasteiger partial charge in [-0.1, -0.05) is 13.0 Å². The van der Waals surface area contributed by atoms with Crippen LogP contribution in [0.2, 0.25) is 0 Å². The highest BCUT2D eigenvalue weighted by molar-refractivity contribution is 5.25. The van der Waals surface area contributed by atoms with Crippen molar-refractivity contribution in [2.24, 2.45) is 0 Å². The van der Waals surface area contributed by atoms with Crippen molar-refractivity contribution in [3.05, 3.63) is 35.4 Å². The monoisotopic (exact) mass is 271 g/mol. The zero-order valence-electron chi connectivity index (χ0n) is 12.1. The summed E-state index contributed by atoms with van der Waals surface area (Å²) >= 11 is 0. The Kier molecular flexibility index (Phi) is 5.88. The number of ether oxygens (including phenoxy) is 1. The van der Waals surface area contributed by atoms with Crippen LogP contribution in [0, 0.1) is 11.6 Å². The summed E-state index contributed by atoms with van der Waals surface area (Å²) in [5.74, 6) is -1.08. The Morgan fingerprint density at radius 1 is 1.21 bits per heavy atom. The van der Waals surface area contributed by atoms with E-state index in [1.807, 2.05) is 27.7 Å². The molecule has 0 aliphatic rings. The molecule has 2 nitrogen and oxygen atoms in total. The van der Waals surface area contributed by atoms with Crippen molar-refractivity contribution in [3.8, 4) is 0 Å². The highest BCUT2D eigenvalue weighted by atomic mass is 19.1. The van der Waals surface area contributed by atoms with Gasteiger partial charge in [-0.15, -0.1) is 0 Å². The predicted molar refractivity (Wildman–Crippen MR) is 73.1 cm³/mol. The van der Waals surface area contributed by atoms with E-state index in [0.29, 0.717) is 13.2 Å². The van der Waals surface area contributed by atoms with Crippen molar-refractivity contribution in [3.63, 3.8) is 0 Å². The molecule has 0 saturated heterocycles. The van der Waals surface area contributed by atoms with Crippen LogP contribution >= 0.6 is 0 Å².